The summed E-state index contributed by atoms with van der Waals surface area (Å²) in [6, 6.07) is 10.1. The van der Waals surface area contributed by atoms with Gasteiger partial charge in [-0.3, -0.25) is 9.59 Å². The van der Waals surface area contributed by atoms with Crippen LogP contribution in [0.1, 0.15) is 71.9 Å². The van der Waals surface area contributed by atoms with Crippen LogP contribution >= 0.6 is 0 Å². The number of imidazole rings is 1. The van der Waals surface area contributed by atoms with Crippen LogP contribution in [0.25, 0.3) is 0 Å². The molecule has 6 heteroatoms. The molecule has 154 valence electrons. The van der Waals surface area contributed by atoms with Gasteiger partial charge in [-0.15, -0.1) is 0 Å². The molecule has 2 amide bonds. The molecule has 0 N–H and O–H groups in total. The van der Waals surface area contributed by atoms with E-state index in [1.165, 1.54) is 0 Å². The molecule has 1 aromatic carbocycles. The van der Waals surface area contributed by atoms with E-state index in [9.17, 15) is 9.59 Å². The summed E-state index contributed by atoms with van der Waals surface area (Å²) in [5, 5.41) is 0. The number of hydrogen-bond acceptors (Lipinski definition) is 3. The fraction of sp³-hybridized carbons (Fsp3) is 0.522. The van der Waals surface area contributed by atoms with Crippen molar-refractivity contribution in [2.45, 2.75) is 65.1 Å². The number of carbonyl (C=O) groups is 2. The van der Waals surface area contributed by atoms with Crippen LogP contribution in [0.3, 0.4) is 0 Å². The Hall–Kier alpha value is -2.63. The van der Waals surface area contributed by atoms with Gasteiger partial charge in [0.2, 0.25) is 0 Å². The Morgan fingerprint density at radius 2 is 1.72 bits per heavy atom. The molecular formula is C23H30N4O2. The second kappa shape index (κ2) is 8.39. The largest absolute Gasteiger partial charge is 0.337 e. The molecule has 0 atom stereocenters. The molecule has 1 fully saturated rings. The van der Waals surface area contributed by atoms with Crippen molar-refractivity contribution in [1.29, 1.82) is 0 Å². The number of fused-ring (bicyclic) bond motifs is 1. The number of likely N-dealkylation sites (tertiary alicyclic amines) is 1. The summed E-state index contributed by atoms with van der Waals surface area (Å²) in [5.41, 5.74) is 2.53. The number of nitrogens with zero attached hydrogens (tertiary/aromatic N) is 4. The van der Waals surface area contributed by atoms with Crippen molar-refractivity contribution < 1.29 is 9.59 Å². The molecule has 0 unspecified atom stereocenters. The summed E-state index contributed by atoms with van der Waals surface area (Å²) in [6.07, 6.45) is 4.96. The molecule has 0 saturated carbocycles. The highest BCUT2D eigenvalue weighted by atomic mass is 16.2. The number of amides is 2. The predicted octanol–water partition coefficient (Wildman–Crippen LogP) is 3.51. The maximum absolute atomic E-state index is 13.5. The van der Waals surface area contributed by atoms with Crippen molar-refractivity contribution in [1.82, 2.24) is 19.4 Å². The quantitative estimate of drug-likeness (QED) is 0.780. The van der Waals surface area contributed by atoms with Gasteiger partial charge in [0.05, 0.1) is 5.69 Å². The van der Waals surface area contributed by atoms with Crippen LogP contribution in [0, 0.1) is 0 Å². The monoisotopic (exact) mass is 394 g/mol. The van der Waals surface area contributed by atoms with Crippen molar-refractivity contribution in [3.8, 4) is 0 Å². The molecule has 0 spiro atoms. The molecule has 6 nitrogen and oxygen atoms in total. The van der Waals surface area contributed by atoms with Gasteiger partial charge in [0.1, 0.15) is 5.69 Å². The van der Waals surface area contributed by atoms with Crippen LogP contribution in [-0.2, 0) is 19.5 Å². The molecule has 1 saturated heterocycles. The van der Waals surface area contributed by atoms with Crippen LogP contribution < -0.4 is 0 Å². The van der Waals surface area contributed by atoms with Crippen molar-refractivity contribution in [2.24, 2.45) is 0 Å². The molecule has 3 heterocycles. The molecule has 1 aromatic heterocycles. The lowest BCUT2D eigenvalue weighted by atomic mass is 10.1. The van der Waals surface area contributed by atoms with Gasteiger partial charge in [-0.1, -0.05) is 30.3 Å². The molecule has 0 bridgehead atoms. The fourth-order valence-electron chi connectivity index (χ4n) is 4.35. The average Bonchev–Trinajstić information content (AvgIpc) is 3.40. The minimum absolute atomic E-state index is 0.00800. The summed E-state index contributed by atoms with van der Waals surface area (Å²) < 4.78 is 2.01. The zero-order valence-corrected chi connectivity index (χ0v) is 17.4. The second-order valence-corrected chi connectivity index (χ2v) is 8.35. The van der Waals surface area contributed by atoms with Crippen molar-refractivity contribution >= 4 is 11.8 Å². The lowest BCUT2D eigenvalue weighted by molar-refractivity contribution is 0.0671. The summed E-state index contributed by atoms with van der Waals surface area (Å²) in [4.78, 5) is 35.0. The van der Waals surface area contributed by atoms with E-state index >= 15 is 0 Å². The van der Waals surface area contributed by atoms with Crippen molar-refractivity contribution in [3.63, 3.8) is 0 Å². The van der Waals surface area contributed by atoms with E-state index in [0.29, 0.717) is 18.1 Å². The first-order valence-electron chi connectivity index (χ1n) is 10.8. The summed E-state index contributed by atoms with van der Waals surface area (Å²) in [6.45, 7) is 6.93. The van der Waals surface area contributed by atoms with Gasteiger partial charge >= 0.3 is 0 Å². The van der Waals surface area contributed by atoms with Crippen LogP contribution in [0.4, 0.5) is 0 Å². The van der Waals surface area contributed by atoms with Crippen LogP contribution in [-0.4, -0.2) is 50.3 Å². The zero-order valence-electron chi connectivity index (χ0n) is 17.4. The lowest BCUT2D eigenvalue weighted by Gasteiger charge is -2.27. The highest BCUT2D eigenvalue weighted by Gasteiger charge is 2.33. The summed E-state index contributed by atoms with van der Waals surface area (Å²) in [7, 11) is 0. The standard InChI is InChI=1S/C23H30N4O2/c1-17(2)27(16-18-10-4-3-5-11-18)23(29)21-24-20(19-12-6-7-15-26(19)21)22(28)25-13-8-9-14-25/h3-5,10-11,17H,6-9,12-16H2,1-2H3. The molecule has 4 rings (SSSR count). The first-order valence-corrected chi connectivity index (χ1v) is 10.8. The first kappa shape index (κ1) is 19.7. The topological polar surface area (TPSA) is 58.4 Å². The van der Waals surface area contributed by atoms with Gasteiger partial charge in [0, 0.05) is 32.2 Å². The summed E-state index contributed by atoms with van der Waals surface area (Å²) in [5.74, 6) is 0.325. The van der Waals surface area contributed by atoms with E-state index in [-0.39, 0.29) is 17.9 Å². The number of aromatic nitrogens is 2. The Morgan fingerprint density at radius 3 is 2.41 bits per heavy atom. The van der Waals surface area contributed by atoms with Gasteiger partial charge in [0.25, 0.3) is 11.8 Å². The van der Waals surface area contributed by atoms with Crippen molar-refractivity contribution in [3.05, 3.63) is 53.1 Å². The molecule has 2 aliphatic rings. The number of hydrogen-bond donors (Lipinski definition) is 0. The Labute approximate surface area is 172 Å². The average molecular weight is 395 g/mol. The first-order chi connectivity index (χ1) is 14.1. The van der Waals surface area contributed by atoms with E-state index in [1.807, 2.05) is 58.5 Å². The third kappa shape index (κ3) is 3.93. The Balaban J connectivity index is 1.67. The third-order valence-corrected chi connectivity index (χ3v) is 5.98. The Kier molecular flexibility index (Phi) is 5.69. The van der Waals surface area contributed by atoms with Gasteiger partial charge in [-0.25, -0.2) is 4.98 Å². The van der Waals surface area contributed by atoms with E-state index < -0.39 is 0 Å². The predicted molar refractivity (Wildman–Crippen MR) is 112 cm³/mol. The molecule has 29 heavy (non-hydrogen) atoms. The Bertz CT molecular complexity index is 882. The number of carbonyl (C=O) groups excluding carboxylic acids is 2. The fourth-order valence-corrected chi connectivity index (χ4v) is 4.35. The zero-order chi connectivity index (χ0) is 20.4. The van der Waals surface area contributed by atoms with Gasteiger partial charge in [-0.05, 0) is 51.5 Å². The van der Waals surface area contributed by atoms with Crippen LogP contribution in [0.5, 0.6) is 0 Å². The molecule has 2 aromatic rings. The number of benzene rings is 1. The minimum Gasteiger partial charge on any atom is -0.337 e. The maximum atomic E-state index is 13.5. The van der Waals surface area contributed by atoms with E-state index in [1.54, 1.807) is 0 Å². The highest BCUT2D eigenvalue weighted by Crippen LogP contribution is 2.25. The molecule has 2 aliphatic heterocycles. The SMILES string of the molecule is CC(C)N(Cc1ccccc1)C(=O)c1nc(C(=O)N2CCCC2)c2n1CCCC2. The normalized spacial score (nSPS) is 16.2. The van der Waals surface area contributed by atoms with E-state index in [4.69, 9.17) is 0 Å². The highest BCUT2D eigenvalue weighted by molar-refractivity contribution is 5.97. The minimum atomic E-state index is -0.0903. The smallest absolute Gasteiger partial charge is 0.290 e. The summed E-state index contributed by atoms with van der Waals surface area (Å²) >= 11 is 0. The molecule has 0 aliphatic carbocycles. The number of rotatable bonds is 5. The van der Waals surface area contributed by atoms with E-state index in [0.717, 1.165) is 63.0 Å². The lowest BCUT2D eigenvalue weighted by Crippen LogP contribution is -2.38. The molecular weight excluding hydrogens is 364 g/mol. The van der Waals surface area contributed by atoms with Gasteiger partial charge in [0.15, 0.2) is 5.82 Å². The second-order valence-electron chi connectivity index (χ2n) is 8.35. The third-order valence-electron chi connectivity index (χ3n) is 5.98. The maximum Gasteiger partial charge on any atom is 0.290 e. The van der Waals surface area contributed by atoms with Gasteiger partial charge in [-0.2, -0.15) is 0 Å². The van der Waals surface area contributed by atoms with Crippen molar-refractivity contribution in [2.75, 3.05) is 13.1 Å². The van der Waals surface area contributed by atoms with E-state index in [2.05, 4.69) is 4.98 Å². The van der Waals surface area contributed by atoms with Crippen LogP contribution in [0.2, 0.25) is 0 Å². The molecule has 0 radical (unpaired) electrons. The van der Waals surface area contributed by atoms with Crippen LogP contribution in [0.15, 0.2) is 30.3 Å². The van der Waals surface area contributed by atoms with Gasteiger partial charge < -0.3 is 14.4 Å². The Morgan fingerprint density at radius 1 is 1.03 bits per heavy atom.